The minimum Gasteiger partial charge on any atom is -0.491 e. The first-order chi connectivity index (χ1) is 11.0. The Morgan fingerprint density at radius 1 is 1.22 bits per heavy atom. The molecular weight excluding hydrogens is 292 g/mol. The second kappa shape index (κ2) is 6.22. The summed E-state index contributed by atoms with van der Waals surface area (Å²) in [6.45, 7) is 4.59. The predicted octanol–water partition coefficient (Wildman–Crippen LogP) is 2.84. The minimum atomic E-state index is 0.00746. The lowest BCUT2D eigenvalue weighted by Gasteiger charge is -2.39. The quantitative estimate of drug-likeness (QED) is 0.800. The number of carbonyl (C=O) groups is 2. The first-order valence-corrected chi connectivity index (χ1v) is 8.35. The highest BCUT2D eigenvalue weighted by Gasteiger charge is 2.30. The van der Waals surface area contributed by atoms with Crippen LogP contribution in [-0.2, 0) is 4.79 Å². The van der Waals surface area contributed by atoms with Crippen LogP contribution in [0.15, 0.2) is 18.2 Å². The molecule has 0 bridgehead atoms. The largest absolute Gasteiger partial charge is 0.491 e. The zero-order valence-corrected chi connectivity index (χ0v) is 14.0. The van der Waals surface area contributed by atoms with Crippen molar-refractivity contribution in [2.24, 2.45) is 0 Å². The van der Waals surface area contributed by atoms with Crippen molar-refractivity contribution in [3.63, 3.8) is 0 Å². The van der Waals surface area contributed by atoms with E-state index in [1.165, 1.54) is 6.42 Å². The van der Waals surface area contributed by atoms with E-state index in [0.717, 1.165) is 12.8 Å². The van der Waals surface area contributed by atoms with Gasteiger partial charge >= 0.3 is 0 Å². The monoisotopic (exact) mass is 316 g/mol. The molecule has 0 radical (unpaired) electrons. The number of hydrogen-bond acceptors (Lipinski definition) is 3. The van der Waals surface area contributed by atoms with Crippen LogP contribution in [0.2, 0.25) is 0 Å². The van der Waals surface area contributed by atoms with E-state index in [2.05, 4.69) is 13.8 Å². The smallest absolute Gasteiger partial charge is 0.254 e. The Labute approximate surface area is 137 Å². The first kappa shape index (κ1) is 15.8. The molecule has 2 unspecified atom stereocenters. The summed E-state index contributed by atoms with van der Waals surface area (Å²) in [7, 11) is 1.73. The van der Waals surface area contributed by atoms with E-state index in [0.29, 0.717) is 30.0 Å². The first-order valence-electron chi connectivity index (χ1n) is 8.35. The lowest BCUT2D eigenvalue weighted by molar-refractivity contribution is -0.118. The molecule has 124 valence electrons. The fourth-order valence-electron chi connectivity index (χ4n) is 3.56. The Hall–Kier alpha value is -2.04. The lowest BCUT2D eigenvalue weighted by atomic mass is 9.96. The molecule has 23 heavy (non-hydrogen) atoms. The molecule has 0 aromatic heterocycles. The van der Waals surface area contributed by atoms with Crippen LogP contribution in [-0.4, -0.2) is 42.5 Å². The molecule has 2 heterocycles. The van der Waals surface area contributed by atoms with E-state index in [4.69, 9.17) is 4.74 Å². The van der Waals surface area contributed by atoms with Gasteiger partial charge in [-0.2, -0.15) is 0 Å². The zero-order valence-electron chi connectivity index (χ0n) is 14.0. The average molecular weight is 316 g/mol. The third-order valence-electron chi connectivity index (χ3n) is 4.94. The molecule has 2 aliphatic heterocycles. The summed E-state index contributed by atoms with van der Waals surface area (Å²) in [6.07, 6.45) is 3.61. The highest BCUT2D eigenvalue weighted by molar-refractivity contribution is 5.99. The summed E-state index contributed by atoms with van der Waals surface area (Å²) >= 11 is 0. The van der Waals surface area contributed by atoms with Gasteiger partial charge in [0.25, 0.3) is 5.91 Å². The van der Waals surface area contributed by atoms with Crippen LogP contribution >= 0.6 is 0 Å². The molecule has 5 nitrogen and oxygen atoms in total. The number of piperidine rings is 1. The van der Waals surface area contributed by atoms with Crippen LogP contribution < -0.4 is 9.64 Å². The van der Waals surface area contributed by atoms with Gasteiger partial charge in [0.1, 0.15) is 5.75 Å². The van der Waals surface area contributed by atoms with Gasteiger partial charge in [-0.05, 0) is 51.3 Å². The summed E-state index contributed by atoms with van der Waals surface area (Å²) in [5.41, 5.74) is 1.30. The van der Waals surface area contributed by atoms with Gasteiger partial charge in [-0.3, -0.25) is 9.59 Å². The molecule has 2 aliphatic rings. The molecule has 0 spiro atoms. The molecule has 3 rings (SSSR count). The molecule has 2 amide bonds. The molecule has 1 saturated heterocycles. The van der Waals surface area contributed by atoms with Crippen molar-refractivity contribution in [2.45, 2.75) is 51.6 Å². The van der Waals surface area contributed by atoms with E-state index in [1.807, 2.05) is 4.90 Å². The third kappa shape index (κ3) is 2.92. The average Bonchev–Trinajstić information content (AvgIpc) is 2.66. The fourth-order valence-corrected chi connectivity index (χ4v) is 3.56. The molecule has 1 aromatic rings. The second-order valence-electron chi connectivity index (χ2n) is 6.58. The van der Waals surface area contributed by atoms with E-state index in [-0.39, 0.29) is 23.9 Å². The third-order valence-corrected chi connectivity index (χ3v) is 4.94. The number of rotatable bonds is 1. The number of ether oxygens (including phenoxy) is 1. The SMILES string of the molecule is CC1CCCC(C)N1C(=O)c1ccc2c(c1)N(C)C(=O)CCO2. The predicted molar refractivity (Wildman–Crippen MR) is 88.9 cm³/mol. The van der Waals surface area contributed by atoms with E-state index < -0.39 is 0 Å². The summed E-state index contributed by atoms with van der Waals surface area (Å²) in [5, 5.41) is 0. The van der Waals surface area contributed by atoms with E-state index in [1.54, 1.807) is 30.1 Å². The summed E-state index contributed by atoms with van der Waals surface area (Å²) in [6, 6.07) is 5.89. The van der Waals surface area contributed by atoms with Crippen molar-refractivity contribution in [1.82, 2.24) is 4.90 Å². The van der Waals surface area contributed by atoms with Gasteiger partial charge < -0.3 is 14.5 Å². The molecule has 0 aliphatic carbocycles. The molecule has 2 atom stereocenters. The maximum absolute atomic E-state index is 13.0. The topological polar surface area (TPSA) is 49.9 Å². The summed E-state index contributed by atoms with van der Waals surface area (Å²) < 4.78 is 5.62. The maximum Gasteiger partial charge on any atom is 0.254 e. The zero-order chi connectivity index (χ0) is 16.6. The van der Waals surface area contributed by atoms with Crippen LogP contribution in [0.25, 0.3) is 0 Å². The van der Waals surface area contributed by atoms with Crippen LogP contribution in [0.5, 0.6) is 5.75 Å². The number of amides is 2. The Bertz CT molecular complexity index is 619. The number of carbonyl (C=O) groups excluding carboxylic acids is 2. The van der Waals surface area contributed by atoms with Crippen LogP contribution in [0.1, 0.15) is 49.9 Å². The molecule has 0 N–H and O–H groups in total. The number of benzene rings is 1. The summed E-state index contributed by atoms with van der Waals surface area (Å²) in [5.74, 6) is 0.709. The van der Waals surface area contributed by atoms with Crippen molar-refractivity contribution < 1.29 is 14.3 Å². The van der Waals surface area contributed by atoms with Crippen molar-refractivity contribution in [2.75, 3.05) is 18.6 Å². The van der Waals surface area contributed by atoms with E-state index >= 15 is 0 Å². The van der Waals surface area contributed by atoms with Crippen molar-refractivity contribution in [3.8, 4) is 5.75 Å². The normalized spacial score (nSPS) is 24.7. The number of fused-ring (bicyclic) bond motifs is 1. The van der Waals surface area contributed by atoms with Crippen LogP contribution in [0.4, 0.5) is 5.69 Å². The number of likely N-dealkylation sites (tertiary alicyclic amines) is 1. The number of nitrogens with zero attached hydrogens (tertiary/aromatic N) is 2. The van der Waals surface area contributed by atoms with Gasteiger partial charge in [0.15, 0.2) is 0 Å². The van der Waals surface area contributed by atoms with Gasteiger partial charge in [-0.15, -0.1) is 0 Å². The van der Waals surface area contributed by atoms with Gasteiger partial charge in [0.2, 0.25) is 5.91 Å². The highest BCUT2D eigenvalue weighted by atomic mass is 16.5. The van der Waals surface area contributed by atoms with Gasteiger partial charge in [-0.1, -0.05) is 0 Å². The highest BCUT2D eigenvalue weighted by Crippen LogP contribution is 2.33. The van der Waals surface area contributed by atoms with Gasteiger partial charge in [0, 0.05) is 24.7 Å². The molecular formula is C18H24N2O3. The lowest BCUT2D eigenvalue weighted by Crippen LogP contribution is -2.47. The molecule has 0 saturated carbocycles. The number of hydrogen-bond donors (Lipinski definition) is 0. The van der Waals surface area contributed by atoms with E-state index in [9.17, 15) is 9.59 Å². The number of anilines is 1. The Morgan fingerprint density at radius 3 is 2.61 bits per heavy atom. The minimum absolute atomic E-state index is 0.00746. The standard InChI is InChI=1S/C18H24N2O3/c1-12-5-4-6-13(2)20(12)18(22)14-7-8-16-15(11-14)19(3)17(21)9-10-23-16/h7-8,11-13H,4-6,9-10H2,1-3H3. The van der Waals surface area contributed by atoms with Crippen molar-refractivity contribution in [3.05, 3.63) is 23.8 Å². The van der Waals surface area contributed by atoms with Crippen molar-refractivity contribution in [1.29, 1.82) is 0 Å². The van der Waals surface area contributed by atoms with Gasteiger partial charge in [-0.25, -0.2) is 0 Å². The molecule has 1 aromatic carbocycles. The molecule has 1 fully saturated rings. The van der Waals surface area contributed by atoms with Crippen LogP contribution in [0.3, 0.4) is 0 Å². The van der Waals surface area contributed by atoms with Gasteiger partial charge in [0.05, 0.1) is 18.7 Å². The Balaban J connectivity index is 1.93. The van der Waals surface area contributed by atoms with Crippen LogP contribution in [0, 0.1) is 0 Å². The fraction of sp³-hybridized carbons (Fsp3) is 0.556. The second-order valence-corrected chi connectivity index (χ2v) is 6.58. The maximum atomic E-state index is 13.0. The Kier molecular flexibility index (Phi) is 4.28. The Morgan fingerprint density at radius 2 is 1.91 bits per heavy atom. The van der Waals surface area contributed by atoms with Crippen molar-refractivity contribution >= 4 is 17.5 Å². The molecule has 5 heteroatoms. The summed E-state index contributed by atoms with van der Waals surface area (Å²) in [4.78, 5) is 28.5.